The predicted molar refractivity (Wildman–Crippen MR) is 110 cm³/mol. The fourth-order valence-corrected chi connectivity index (χ4v) is 3.64. The van der Waals surface area contributed by atoms with Gasteiger partial charge in [0.25, 0.3) is 0 Å². The second-order valence-corrected chi connectivity index (χ2v) is 9.08. The summed E-state index contributed by atoms with van der Waals surface area (Å²) in [6, 6.07) is 11.9. The van der Waals surface area contributed by atoms with Crippen molar-refractivity contribution in [2.45, 2.75) is 46.1 Å². The van der Waals surface area contributed by atoms with Crippen LogP contribution in [-0.4, -0.2) is 24.9 Å². The van der Waals surface area contributed by atoms with Gasteiger partial charge in [-0.05, 0) is 28.7 Å². The van der Waals surface area contributed by atoms with Crippen LogP contribution in [0.4, 0.5) is 4.79 Å². The Balaban J connectivity index is 2.08. The number of hydrogen-bond donors (Lipinski definition) is 2. The van der Waals surface area contributed by atoms with E-state index in [0.29, 0.717) is 18.1 Å². The molecular weight excluding hydrogens is 354 g/mol. The third kappa shape index (κ3) is 3.79. The summed E-state index contributed by atoms with van der Waals surface area (Å²) >= 11 is 0. The van der Waals surface area contributed by atoms with Gasteiger partial charge in [0.15, 0.2) is 0 Å². The molecular formula is C23H29NO4. The number of nitrogens with one attached hydrogen (secondary N) is 1. The van der Waals surface area contributed by atoms with E-state index in [0.717, 1.165) is 16.7 Å². The van der Waals surface area contributed by atoms with Crippen molar-refractivity contribution >= 4 is 6.09 Å². The lowest BCUT2D eigenvalue weighted by Gasteiger charge is -2.39. The Morgan fingerprint density at radius 2 is 1.86 bits per heavy atom. The maximum atomic E-state index is 11.3. The monoisotopic (exact) mass is 383 g/mol. The minimum Gasteiger partial charge on any atom is -0.496 e. The maximum absolute atomic E-state index is 11.3. The van der Waals surface area contributed by atoms with E-state index in [-0.39, 0.29) is 16.9 Å². The SMILES string of the molecule is COc1cc2c(cc1-c1ccc(C(C)(C)C)cc1)OCC(C)(C)C2NC(=O)O. The van der Waals surface area contributed by atoms with Crippen LogP contribution in [0.2, 0.25) is 0 Å². The van der Waals surface area contributed by atoms with Crippen LogP contribution in [0.3, 0.4) is 0 Å². The molecule has 0 bridgehead atoms. The molecule has 1 aliphatic rings. The molecule has 0 radical (unpaired) electrons. The van der Waals surface area contributed by atoms with Crippen LogP contribution in [0.25, 0.3) is 11.1 Å². The zero-order chi connectivity index (χ0) is 20.7. The van der Waals surface area contributed by atoms with Crippen molar-refractivity contribution in [2.24, 2.45) is 5.41 Å². The fourth-order valence-electron chi connectivity index (χ4n) is 3.64. The van der Waals surface area contributed by atoms with E-state index in [9.17, 15) is 9.90 Å². The number of benzene rings is 2. The Labute approximate surface area is 166 Å². The number of carboxylic acid groups (broad SMARTS) is 1. The van der Waals surface area contributed by atoms with Gasteiger partial charge in [-0.3, -0.25) is 0 Å². The Morgan fingerprint density at radius 1 is 1.21 bits per heavy atom. The average Bonchev–Trinajstić information content (AvgIpc) is 2.62. The quantitative estimate of drug-likeness (QED) is 0.746. The second kappa shape index (κ2) is 7.04. The molecule has 1 unspecified atom stereocenters. The molecule has 0 fully saturated rings. The minimum atomic E-state index is -1.05. The highest BCUT2D eigenvalue weighted by molar-refractivity contribution is 5.74. The van der Waals surface area contributed by atoms with Gasteiger partial charge in [0.05, 0.1) is 19.8 Å². The predicted octanol–water partition coefficient (Wildman–Crippen LogP) is 5.39. The van der Waals surface area contributed by atoms with Crippen LogP contribution in [0, 0.1) is 5.41 Å². The van der Waals surface area contributed by atoms with Crippen molar-refractivity contribution in [3.8, 4) is 22.6 Å². The van der Waals surface area contributed by atoms with Crippen LogP contribution >= 0.6 is 0 Å². The summed E-state index contributed by atoms with van der Waals surface area (Å²) in [5.74, 6) is 1.38. The number of carbonyl (C=O) groups is 1. The highest BCUT2D eigenvalue weighted by Crippen LogP contribution is 2.47. The average molecular weight is 383 g/mol. The first kappa shape index (κ1) is 20.1. The molecule has 1 heterocycles. The van der Waals surface area contributed by atoms with Crippen LogP contribution in [0.15, 0.2) is 36.4 Å². The molecule has 2 aromatic carbocycles. The van der Waals surface area contributed by atoms with E-state index in [1.54, 1.807) is 7.11 Å². The Kier molecular flexibility index (Phi) is 5.04. The molecule has 0 spiro atoms. The van der Waals surface area contributed by atoms with Crippen molar-refractivity contribution < 1.29 is 19.4 Å². The van der Waals surface area contributed by atoms with E-state index in [2.05, 4.69) is 50.4 Å². The lowest BCUT2D eigenvalue weighted by Crippen LogP contribution is -2.43. The summed E-state index contributed by atoms with van der Waals surface area (Å²) in [5, 5.41) is 11.9. The van der Waals surface area contributed by atoms with E-state index >= 15 is 0 Å². The summed E-state index contributed by atoms with van der Waals surface area (Å²) in [7, 11) is 1.63. The van der Waals surface area contributed by atoms with Crippen molar-refractivity contribution in [2.75, 3.05) is 13.7 Å². The van der Waals surface area contributed by atoms with Gasteiger partial charge < -0.3 is 19.9 Å². The summed E-state index contributed by atoms with van der Waals surface area (Å²) in [5.41, 5.74) is 3.73. The van der Waals surface area contributed by atoms with Gasteiger partial charge in [0.1, 0.15) is 11.5 Å². The van der Waals surface area contributed by atoms with Crippen LogP contribution in [0.1, 0.15) is 51.8 Å². The lowest BCUT2D eigenvalue weighted by atomic mass is 9.78. The Bertz CT molecular complexity index is 879. The van der Waals surface area contributed by atoms with E-state index in [1.165, 1.54) is 5.56 Å². The van der Waals surface area contributed by atoms with Crippen molar-refractivity contribution in [3.63, 3.8) is 0 Å². The van der Waals surface area contributed by atoms with Gasteiger partial charge in [0.2, 0.25) is 0 Å². The highest BCUT2D eigenvalue weighted by Gasteiger charge is 2.39. The zero-order valence-corrected chi connectivity index (χ0v) is 17.4. The first-order valence-corrected chi connectivity index (χ1v) is 9.48. The third-order valence-electron chi connectivity index (χ3n) is 5.35. The molecule has 1 aliphatic heterocycles. The van der Waals surface area contributed by atoms with Gasteiger partial charge in [-0.25, -0.2) is 4.79 Å². The molecule has 0 aliphatic carbocycles. The zero-order valence-electron chi connectivity index (χ0n) is 17.4. The van der Waals surface area contributed by atoms with Gasteiger partial charge in [-0.2, -0.15) is 0 Å². The standard InChI is InChI=1S/C23H29NO4/c1-22(2,3)15-9-7-14(8-10-15)16-11-19-17(12-18(16)27-6)20(24-21(25)26)23(4,5)13-28-19/h7-12,20,24H,13H2,1-6H3,(H,25,26). The molecule has 28 heavy (non-hydrogen) atoms. The number of fused-ring (bicyclic) bond motifs is 1. The number of hydrogen-bond acceptors (Lipinski definition) is 3. The first-order chi connectivity index (χ1) is 13.0. The molecule has 5 heteroatoms. The van der Waals surface area contributed by atoms with E-state index in [4.69, 9.17) is 9.47 Å². The number of amides is 1. The van der Waals surface area contributed by atoms with Crippen molar-refractivity contribution in [1.82, 2.24) is 5.32 Å². The van der Waals surface area contributed by atoms with Gasteiger partial charge >= 0.3 is 6.09 Å². The van der Waals surface area contributed by atoms with E-state index < -0.39 is 6.09 Å². The molecule has 0 saturated carbocycles. The molecule has 1 amide bonds. The third-order valence-corrected chi connectivity index (χ3v) is 5.35. The molecule has 2 N–H and O–H groups in total. The molecule has 2 aromatic rings. The lowest BCUT2D eigenvalue weighted by molar-refractivity contribution is 0.0993. The summed E-state index contributed by atoms with van der Waals surface area (Å²) in [6.07, 6.45) is -1.05. The smallest absolute Gasteiger partial charge is 0.405 e. The largest absolute Gasteiger partial charge is 0.496 e. The Morgan fingerprint density at radius 3 is 2.39 bits per heavy atom. The molecule has 5 nitrogen and oxygen atoms in total. The number of rotatable bonds is 3. The van der Waals surface area contributed by atoms with Crippen LogP contribution in [-0.2, 0) is 5.41 Å². The molecule has 0 aromatic heterocycles. The highest BCUT2D eigenvalue weighted by atomic mass is 16.5. The van der Waals surface area contributed by atoms with E-state index in [1.807, 2.05) is 26.0 Å². The first-order valence-electron chi connectivity index (χ1n) is 9.48. The molecule has 150 valence electrons. The summed E-state index contributed by atoms with van der Waals surface area (Å²) in [4.78, 5) is 11.3. The number of ether oxygens (including phenoxy) is 2. The van der Waals surface area contributed by atoms with Crippen molar-refractivity contribution in [3.05, 3.63) is 47.5 Å². The molecule has 1 atom stereocenters. The second-order valence-electron chi connectivity index (χ2n) is 9.08. The maximum Gasteiger partial charge on any atom is 0.405 e. The van der Waals surface area contributed by atoms with Crippen LogP contribution in [0.5, 0.6) is 11.5 Å². The van der Waals surface area contributed by atoms with Crippen LogP contribution < -0.4 is 14.8 Å². The van der Waals surface area contributed by atoms with Gasteiger partial charge in [-0.1, -0.05) is 58.9 Å². The Hall–Kier alpha value is -2.69. The molecule has 0 saturated heterocycles. The summed E-state index contributed by atoms with van der Waals surface area (Å²) < 4.78 is 11.7. The van der Waals surface area contributed by atoms with Crippen molar-refractivity contribution in [1.29, 1.82) is 0 Å². The molecule has 3 rings (SSSR count). The minimum absolute atomic E-state index is 0.0862. The topological polar surface area (TPSA) is 67.8 Å². The fraction of sp³-hybridized carbons (Fsp3) is 0.435. The number of methoxy groups -OCH3 is 1. The van der Waals surface area contributed by atoms with Gasteiger partial charge in [-0.15, -0.1) is 0 Å². The normalized spacial score (nSPS) is 18.0. The van der Waals surface area contributed by atoms with Gasteiger partial charge in [0, 0.05) is 16.5 Å². The summed E-state index contributed by atoms with van der Waals surface area (Å²) in [6.45, 7) is 11.0.